The second-order valence-corrected chi connectivity index (χ2v) is 5.85. The molecule has 0 fully saturated rings. The molecule has 2 aromatic rings. The average molecular weight is 352 g/mol. The predicted molar refractivity (Wildman–Crippen MR) is 90.9 cm³/mol. The SMILES string of the molecule is CCCc1n[nH]c(=S)n1CC(=O)NC(C)c1ccc(OC)c(F)c1. The van der Waals surface area contributed by atoms with E-state index in [1.54, 1.807) is 23.6 Å². The van der Waals surface area contributed by atoms with Gasteiger partial charge in [0.25, 0.3) is 0 Å². The minimum absolute atomic E-state index is 0.0770. The van der Waals surface area contributed by atoms with Crippen LogP contribution in [0.1, 0.15) is 37.7 Å². The number of carbonyl (C=O) groups excluding carboxylic acids is 1. The normalized spacial score (nSPS) is 12.0. The highest BCUT2D eigenvalue weighted by atomic mass is 32.1. The first-order valence-electron chi connectivity index (χ1n) is 7.73. The number of H-pyrrole nitrogens is 1. The molecule has 1 heterocycles. The average Bonchev–Trinajstić information content (AvgIpc) is 2.88. The summed E-state index contributed by atoms with van der Waals surface area (Å²) in [5.74, 6) is 0.249. The summed E-state index contributed by atoms with van der Waals surface area (Å²) in [6.45, 7) is 3.90. The maximum Gasteiger partial charge on any atom is 0.240 e. The lowest BCUT2D eigenvalue weighted by molar-refractivity contribution is -0.122. The van der Waals surface area contributed by atoms with Gasteiger partial charge in [-0.05, 0) is 43.3 Å². The summed E-state index contributed by atoms with van der Waals surface area (Å²) >= 11 is 5.16. The molecule has 6 nitrogen and oxygen atoms in total. The molecule has 0 saturated heterocycles. The van der Waals surface area contributed by atoms with Gasteiger partial charge in [-0.25, -0.2) is 4.39 Å². The number of benzene rings is 1. The molecule has 0 spiro atoms. The third-order valence-corrected chi connectivity index (χ3v) is 3.98. The van der Waals surface area contributed by atoms with E-state index in [0.29, 0.717) is 10.3 Å². The van der Waals surface area contributed by atoms with Crippen molar-refractivity contribution < 1.29 is 13.9 Å². The second kappa shape index (κ2) is 8.05. The van der Waals surface area contributed by atoms with Crippen LogP contribution in [-0.2, 0) is 17.8 Å². The van der Waals surface area contributed by atoms with Gasteiger partial charge in [0.2, 0.25) is 5.91 Å². The summed E-state index contributed by atoms with van der Waals surface area (Å²) in [6.07, 6.45) is 1.64. The van der Waals surface area contributed by atoms with Gasteiger partial charge in [-0.2, -0.15) is 5.10 Å². The molecule has 1 aromatic carbocycles. The first-order chi connectivity index (χ1) is 11.5. The van der Waals surface area contributed by atoms with Gasteiger partial charge in [0.15, 0.2) is 16.3 Å². The van der Waals surface area contributed by atoms with Crippen molar-refractivity contribution in [1.82, 2.24) is 20.1 Å². The van der Waals surface area contributed by atoms with E-state index < -0.39 is 5.82 Å². The van der Waals surface area contributed by atoms with Crippen molar-refractivity contribution in [2.24, 2.45) is 0 Å². The van der Waals surface area contributed by atoms with Gasteiger partial charge in [-0.15, -0.1) is 0 Å². The van der Waals surface area contributed by atoms with Gasteiger partial charge >= 0.3 is 0 Å². The topological polar surface area (TPSA) is 71.9 Å². The predicted octanol–water partition coefficient (Wildman–Crippen LogP) is 2.92. The second-order valence-electron chi connectivity index (χ2n) is 5.46. The van der Waals surface area contributed by atoms with Gasteiger partial charge in [-0.3, -0.25) is 14.5 Å². The fourth-order valence-electron chi connectivity index (χ4n) is 2.39. The number of halogens is 1. The highest BCUT2D eigenvalue weighted by molar-refractivity contribution is 7.71. The lowest BCUT2D eigenvalue weighted by Crippen LogP contribution is -2.30. The molecule has 0 aliphatic heterocycles. The van der Waals surface area contributed by atoms with Crippen molar-refractivity contribution in [1.29, 1.82) is 0 Å². The van der Waals surface area contributed by atoms with Crippen LogP contribution in [0.2, 0.25) is 0 Å². The molecule has 0 radical (unpaired) electrons. The van der Waals surface area contributed by atoms with Crippen LogP contribution in [0.5, 0.6) is 5.75 Å². The molecule has 2 N–H and O–H groups in total. The highest BCUT2D eigenvalue weighted by Gasteiger charge is 2.14. The van der Waals surface area contributed by atoms with Crippen molar-refractivity contribution in [3.63, 3.8) is 0 Å². The Kier molecular flexibility index (Phi) is 6.08. The lowest BCUT2D eigenvalue weighted by atomic mass is 10.1. The van der Waals surface area contributed by atoms with Gasteiger partial charge in [0, 0.05) is 6.42 Å². The Morgan fingerprint density at radius 3 is 2.92 bits per heavy atom. The molecular weight excluding hydrogens is 331 g/mol. The van der Waals surface area contributed by atoms with E-state index in [9.17, 15) is 9.18 Å². The van der Waals surface area contributed by atoms with Crippen LogP contribution in [0.4, 0.5) is 4.39 Å². The molecule has 0 bridgehead atoms. The fourth-order valence-corrected chi connectivity index (χ4v) is 2.61. The molecule has 24 heavy (non-hydrogen) atoms. The zero-order valence-electron chi connectivity index (χ0n) is 13.9. The minimum atomic E-state index is -0.460. The van der Waals surface area contributed by atoms with Crippen LogP contribution in [-0.4, -0.2) is 27.8 Å². The van der Waals surface area contributed by atoms with Crippen molar-refractivity contribution in [2.45, 2.75) is 39.3 Å². The van der Waals surface area contributed by atoms with E-state index in [-0.39, 0.29) is 24.2 Å². The number of nitrogens with one attached hydrogen (secondary N) is 2. The van der Waals surface area contributed by atoms with Gasteiger partial charge in [0.05, 0.1) is 13.2 Å². The quantitative estimate of drug-likeness (QED) is 0.752. The molecule has 0 aliphatic rings. The Bertz CT molecular complexity index is 772. The summed E-state index contributed by atoms with van der Waals surface area (Å²) in [4.78, 5) is 12.3. The number of rotatable bonds is 7. The number of amides is 1. The number of ether oxygens (including phenoxy) is 1. The van der Waals surface area contributed by atoms with E-state index >= 15 is 0 Å². The molecule has 0 aliphatic carbocycles. The number of aromatic amines is 1. The summed E-state index contributed by atoms with van der Waals surface area (Å²) in [6, 6.07) is 4.28. The number of aromatic nitrogens is 3. The molecule has 8 heteroatoms. The highest BCUT2D eigenvalue weighted by Crippen LogP contribution is 2.21. The van der Waals surface area contributed by atoms with Crippen LogP contribution in [0.15, 0.2) is 18.2 Å². The Morgan fingerprint density at radius 2 is 2.29 bits per heavy atom. The summed E-state index contributed by atoms with van der Waals surface area (Å²) in [7, 11) is 1.41. The maximum absolute atomic E-state index is 13.8. The first-order valence-corrected chi connectivity index (χ1v) is 8.14. The number of methoxy groups -OCH3 is 1. The number of carbonyl (C=O) groups is 1. The molecule has 2 rings (SSSR count). The summed E-state index contributed by atoms with van der Waals surface area (Å²) in [5.41, 5.74) is 0.659. The van der Waals surface area contributed by atoms with E-state index in [1.165, 1.54) is 13.2 Å². The van der Waals surface area contributed by atoms with Crippen LogP contribution in [0.3, 0.4) is 0 Å². The molecule has 1 amide bonds. The fraction of sp³-hybridized carbons (Fsp3) is 0.438. The zero-order valence-corrected chi connectivity index (χ0v) is 14.7. The smallest absolute Gasteiger partial charge is 0.240 e. The van der Waals surface area contributed by atoms with Gasteiger partial charge in [0.1, 0.15) is 12.4 Å². The van der Waals surface area contributed by atoms with Gasteiger partial charge in [-0.1, -0.05) is 13.0 Å². The van der Waals surface area contributed by atoms with Crippen LogP contribution < -0.4 is 10.1 Å². The van der Waals surface area contributed by atoms with Gasteiger partial charge < -0.3 is 10.1 Å². The van der Waals surface area contributed by atoms with Crippen molar-refractivity contribution in [2.75, 3.05) is 7.11 Å². The number of nitrogens with zero attached hydrogens (tertiary/aromatic N) is 2. The maximum atomic E-state index is 13.8. The van der Waals surface area contributed by atoms with E-state index in [1.807, 2.05) is 6.92 Å². The van der Waals surface area contributed by atoms with E-state index in [0.717, 1.165) is 18.7 Å². The number of aryl methyl sites for hydroxylation is 1. The molecule has 130 valence electrons. The van der Waals surface area contributed by atoms with E-state index in [2.05, 4.69) is 15.5 Å². The summed E-state index contributed by atoms with van der Waals surface area (Å²) in [5, 5.41) is 9.67. The Morgan fingerprint density at radius 1 is 1.54 bits per heavy atom. The third-order valence-electron chi connectivity index (χ3n) is 3.67. The monoisotopic (exact) mass is 352 g/mol. The van der Waals surface area contributed by atoms with Crippen molar-refractivity contribution in [3.05, 3.63) is 40.2 Å². The number of hydrogen-bond donors (Lipinski definition) is 2. The number of hydrogen-bond acceptors (Lipinski definition) is 4. The first kappa shape index (κ1) is 18.1. The Labute approximate surface area is 145 Å². The van der Waals surface area contributed by atoms with Crippen LogP contribution >= 0.6 is 12.2 Å². The Hall–Kier alpha value is -2.22. The van der Waals surface area contributed by atoms with E-state index in [4.69, 9.17) is 17.0 Å². The third kappa shape index (κ3) is 4.19. The van der Waals surface area contributed by atoms with Crippen molar-refractivity contribution in [3.8, 4) is 5.75 Å². The molecule has 1 unspecified atom stereocenters. The molecule has 0 saturated carbocycles. The lowest BCUT2D eigenvalue weighted by Gasteiger charge is -2.16. The summed E-state index contributed by atoms with van der Waals surface area (Å²) < 4.78 is 20.8. The zero-order chi connectivity index (χ0) is 17.7. The molecule has 1 atom stereocenters. The van der Waals surface area contributed by atoms with Crippen molar-refractivity contribution >= 4 is 18.1 Å². The molecule has 1 aromatic heterocycles. The largest absolute Gasteiger partial charge is 0.494 e. The Balaban J connectivity index is 2.05. The minimum Gasteiger partial charge on any atom is -0.494 e. The van der Waals surface area contributed by atoms with Crippen LogP contribution in [0.25, 0.3) is 0 Å². The molecular formula is C16H21FN4O2S. The van der Waals surface area contributed by atoms with Crippen LogP contribution in [0, 0.1) is 10.6 Å². The standard InChI is InChI=1S/C16H21FN4O2S/c1-4-5-14-19-20-16(24)21(14)9-15(22)18-10(2)11-6-7-13(23-3)12(17)8-11/h6-8,10H,4-5,9H2,1-3H3,(H,18,22)(H,20,24).